The normalized spacial score (nSPS) is 10.6. The van der Waals surface area contributed by atoms with Crippen molar-refractivity contribution >= 4 is 11.6 Å². The molecule has 3 heteroatoms. The van der Waals surface area contributed by atoms with Crippen molar-refractivity contribution in [2.75, 3.05) is 5.32 Å². The lowest BCUT2D eigenvalue weighted by Gasteiger charge is -2.12. The van der Waals surface area contributed by atoms with Gasteiger partial charge in [-0.1, -0.05) is 66.7 Å². The van der Waals surface area contributed by atoms with Gasteiger partial charge >= 0.3 is 0 Å². The van der Waals surface area contributed by atoms with Gasteiger partial charge in [0.05, 0.1) is 11.3 Å². The summed E-state index contributed by atoms with van der Waals surface area (Å²) >= 11 is 0. The van der Waals surface area contributed by atoms with Crippen molar-refractivity contribution in [3.63, 3.8) is 0 Å². The SMILES string of the molecule is Cc1c(C(=O)Nc2ccccc2)cc(-c2ccccc2)n1-c1ccccc1. The molecule has 1 aromatic heterocycles. The fourth-order valence-corrected chi connectivity index (χ4v) is 3.29. The van der Waals surface area contributed by atoms with Crippen LogP contribution in [0.2, 0.25) is 0 Å². The van der Waals surface area contributed by atoms with E-state index in [-0.39, 0.29) is 5.91 Å². The maximum Gasteiger partial charge on any atom is 0.257 e. The summed E-state index contributed by atoms with van der Waals surface area (Å²) in [6.07, 6.45) is 0. The van der Waals surface area contributed by atoms with Gasteiger partial charge < -0.3 is 9.88 Å². The van der Waals surface area contributed by atoms with Crippen LogP contribution in [0, 0.1) is 6.92 Å². The molecule has 0 unspecified atom stereocenters. The van der Waals surface area contributed by atoms with Gasteiger partial charge in [-0.25, -0.2) is 0 Å². The van der Waals surface area contributed by atoms with Crippen LogP contribution in [-0.2, 0) is 0 Å². The van der Waals surface area contributed by atoms with E-state index in [1.54, 1.807) is 0 Å². The van der Waals surface area contributed by atoms with Crippen molar-refractivity contribution in [3.05, 3.63) is 108 Å². The van der Waals surface area contributed by atoms with Gasteiger partial charge in [-0.3, -0.25) is 4.79 Å². The summed E-state index contributed by atoms with van der Waals surface area (Å²) in [7, 11) is 0. The Balaban J connectivity index is 1.82. The Morgan fingerprint density at radius 1 is 0.778 bits per heavy atom. The zero-order valence-corrected chi connectivity index (χ0v) is 15.1. The van der Waals surface area contributed by atoms with Crippen LogP contribution in [0.1, 0.15) is 16.1 Å². The molecule has 1 heterocycles. The number of carbonyl (C=O) groups is 1. The third kappa shape index (κ3) is 3.40. The first-order valence-electron chi connectivity index (χ1n) is 8.93. The lowest BCUT2D eigenvalue weighted by molar-refractivity contribution is 0.102. The molecular formula is C24H20N2O. The highest BCUT2D eigenvalue weighted by Crippen LogP contribution is 2.29. The third-order valence-corrected chi connectivity index (χ3v) is 4.61. The first kappa shape index (κ1) is 16.9. The van der Waals surface area contributed by atoms with Gasteiger partial charge in [0.25, 0.3) is 5.91 Å². The maximum absolute atomic E-state index is 12.9. The van der Waals surface area contributed by atoms with Crippen LogP contribution in [0.25, 0.3) is 16.9 Å². The van der Waals surface area contributed by atoms with E-state index in [4.69, 9.17) is 0 Å². The summed E-state index contributed by atoms with van der Waals surface area (Å²) in [6, 6.07) is 31.8. The van der Waals surface area contributed by atoms with E-state index < -0.39 is 0 Å². The number of anilines is 1. The lowest BCUT2D eigenvalue weighted by Crippen LogP contribution is -2.13. The Morgan fingerprint density at radius 3 is 1.96 bits per heavy atom. The minimum absolute atomic E-state index is 0.106. The van der Waals surface area contributed by atoms with Crippen LogP contribution in [0.3, 0.4) is 0 Å². The number of hydrogen-bond donors (Lipinski definition) is 1. The molecule has 0 aliphatic heterocycles. The predicted octanol–water partition coefficient (Wildman–Crippen LogP) is 5.71. The summed E-state index contributed by atoms with van der Waals surface area (Å²) in [4.78, 5) is 12.9. The number of nitrogens with zero attached hydrogens (tertiary/aromatic N) is 1. The molecule has 0 aliphatic carbocycles. The zero-order valence-electron chi connectivity index (χ0n) is 15.1. The summed E-state index contributed by atoms with van der Waals surface area (Å²) in [6.45, 7) is 1.99. The largest absolute Gasteiger partial charge is 0.322 e. The summed E-state index contributed by atoms with van der Waals surface area (Å²) < 4.78 is 2.13. The van der Waals surface area contributed by atoms with Crippen LogP contribution in [0.4, 0.5) is 5.69 Å². The number of amides is 1. The van der Waals surface area contributed by atoms with Crippen LogP contribution in [0.15, 0.2) is 97.1 Å². The van der Waals surface area contributed by atoms with Crippen molar-refractivity contribution < 1.29 is 4.79 Å². The smallest absolute Gasteiger partial charge is 0.257 e. The van der Waals surface area contributed by atoms with E-state index in [1.807, 2.05) is 79.7 Å². The van der Waals surface area contributed by atoms with E-state index in [0.29, 0.717) is 5.56 Å². The molecule has 0 radical (unpaired) electrons. The lowest BCUT2D eigenvalue weighted by atomic mass is 10.1. The minimum Gasteiger partial charge on any atom is -0.322 e. The summed E-state index contributed by atoms with van der Waals surface area (Å²) in [5.41, 5.74) is 5.47. The molecule has 0 saturated heterocycles. The number of nitrogens with one attached hydrogen (secondary N) is 1. The van der Waals surface area contributed by atoms with Crippen LogP contribution < -0.4 is 5.32 Å². The highest BCUT2D eigenvalue weighted by Gasteiger charge is 2.19. The molecule has 0 atom stereocenters. The highest BCUT2D eigenvalue weighted by molar-refractivity contribution is 6.06. The number of para-hydroxylation sites is 2. The minimum atomic E-state index is -0.106. The van der Waals surface area contributed by atoms with Crippen molar-refractivity contribution in [1.29, 1.82) is 0 Å². The van der Waals surface area contributed by atoms with Gasteiger partial charge in [-0.05, 0) is 42.8 Å². The molecule has 0 bridgehead atoms. The highest BCUT2D eigenvalue weighted by atomic mass is 16.1. The molecule has 0 saturated carbocycles. The molecule has 4 aromatic rings. The molecule has 1 amide bonds. The Labute approximate surface area is 158 Å². The summed E-state index contributed by atoms with van der Waals surface area (Å²) in [5, 5.41) is 2.99. The third-order valence-electron chi connectivity index (χ3n) is 4.61. The van der Waals surface area contributed by atoms with Crippen molar-refractivity contribution in [3.8, 4) is 16.9 Å². The van der Waals surface area contributed by atoms with Crippen molar-refractivity contribution in [1.82, 2.24) is 4.57 Å². The molecule has 132 valence electrons. The van der Waals surface area contributed by atoms with Crippen LogP contribution in [0.5, 0.6) is 0 Å². The van der Waals surface area contributed by atoms with E-state index in [1.165, 1.54) is 0 Å². The number of aromatic nitrogens is 1. The Hall–Kier alpha value is -3.59. The van der Waals surface area contributed by atoms with E-state index in [2.05, 4.69) is 34.1 Å². The first-order valence-corrected chi connectivity index (χ1v) is 8.93. The topological polar surface area (TPSA) is 34.0 Å². The molecule has 4 rings (SSSR count). The fraction of sp³-hybridized carbons (Fsp3) is 0.0417. The van der Waals surface area contributed by atoms with Gasteiger partial charge in [-0.15, -0.1) is 0 Å². The first-order chi connectivity index (χ1) is 13.2. The molecule has 1 N–H and O–H groups in total. The Bertz CT molecular complexity index is 1050. The second-order valence-electron chi connectivity index (χ2n) is 6.39. The Morgan fingerprint density at radius 2 is 1.33 bits per heavy atom. The molecule has 3 aromatic carbocycles. The van der Waals surface area contributed by atoms with Crippen LogP contribution >= 0.6 is 0 Å². The molecule has 0 fully saturated rings. The Kier molecular flexibility index (Phi) is 4.58. The van der Waals surface area contributed by atoms with Gasteiger partial charge in [-0.2, -0.15) is 0 Å². The van der Waals surface area contributed by atoms with E-state index >= 15 is 0 Å². The van der Waals surface area contributed by atoms with Gasteiger partial charge in [0.1, 0.15) is 0 Å². The average molecular weight is 352 g/mol. The molecule has 0 spiro atoms. The van der Waals surface area contributed by atoms with Crippen molar-refractivity contribution in [2.45, 2.75) is 6.92 Å². The number of carbonyl (C=O) groups excluding carboxylic acids is 1. The van der Waals surface area contributed by atoms with Gasteiger partial charge in [0.2, 0.25) is 0 Å². The zero-order chi connectivity index (χ0) is 18.6. The van der Waals surface area contributed by atoms with Crippen molar-refractivity contribution in [2.24, 2.45) is 0 Å². The second-order valence-corrected chi connectivity index (χ2v) is 6.39. The van der Waals surface area contributed by atoms with Gasteiger partial charge in [0.15, 0.2) is 0 Å². The number of benzene rings is 3. The maximum atomic E-state index is 12.9. The molecule has 3 nitrogen and oxygen atoms in total. The monoisotopic (exact) mass is 352 g/mol. The quantitative estimate of drug-likeness (QED) is 0.502. The number of rotatable bonds is 4. The van der Waals surface area contributed by atoms with E-state index in [9.17, 15) is 4.79 Å². The molecular weight excluding hydrogens is 332 g/mol. The fourth-order valence-electron chi connectivity index (χ4n) is 3.29. The number of hydrogen-bond acceptors (Lipinski definition) is 1. The molecule has 27 heavy (non-hydrogen) atoms. The van der Waals surface area contributed by atoms with Crippen LogP contribution in [-0.4, -0.2) is 10.5 Å². The predicted molar refractivity (Wildman–Crippen MR) is 110 cm³/mol. The van der Waals surface area contributed by atoms with Gasteiger partial charge in [0, 0.05) is 17.1 Å². The standard InChI is InChI=1S/C24H20N2O/c1-18-22(24(27)25-20-13-7-3-8-14-20)17-23(19-11-5-2-6-12-19)26(18)21-15-9-4-10-16-21/h2-17H,1H3,(H,25,27). The van der Waals surface area contributed by atoms with E-state index in [0.717, 1.165) is 28.3 Å². The summed E-state index contributed by atoms with van der Waals surface area (Å²) in [5.74, 6) is -0.106. The second kappa shape index (κ2) is 7.34. The molecule has 0 aliphatic rings. The average Bonchev–Trinajstić information content (AvgIpc) is 3.07.